The summed E-state index contributed by atoms with van der Waals surface area (Å²) in [7, 11) is 1.88. The van der Waals surface area contributed by atoms with Crippen molar-refractivity contribution in [1.82, 2.24) is 15.1 Å². The molecule has 4 nitrogen and oxygen atoms in total. The average molecular weight is 472 g/mol. The first-order valence-electron chi connectivity index (χ1n) is 13.3. The third-order valence-electron chi connectivity index (χ3n) is 7.73. The molecule has 1 saturated heterocycles. The number of hydrogen-bond acceptors (Lipinski definition) is 3. The van der Waals surface area contributed by atoms with Crippen LogP contribution in [0.5, 0.6) is 0 Å². The van der Waals surface area contributed by atoms with Crippen LogP contribution in [0.3, 0.4) is 0 Å². The minimum Gasteiger partial charge on any atom is -0.390 e. The molecule has 1 atom stereocenters. The largest absolute Gasteiger partial charge is 0.390 e. The van der Waals surface area contributed by atoms with Crippen LogP contribution in [0.1, 0.15) is 77.6 Å². The highest BCUT2D eigenvalue weighted by Crippen LogP contribution is 2.34. The maximum absolute atomic E-state index is 13.2. The van der Waals surface area contributed by atoms with Gasteiger partial charge in [0.2, 0.25) is 0 Å². The number of benzene rings is 2. The topological polar surface area (TPSA) is 35.6 Å². The van der Waals surface area contributed by atoms with Crippen LogP contribution in [0.25, 0.3) is 0 Å². The predicted molar refractivity (Wildman–Crippen MR) is 145 cm³/mol. The van der Waals surface area contributed by atoms with Gasteiger partial charge in [-0.15, -0.1) is 6.58 Å². The second-order valence-corrected chi connectivity index (χ2v) is 10.1. The summed E-state index contributed by atoms with van der Waals surface area (Å²) in [6.45, 7) is 14.2. The summed E-state index contributed by atoms with van der Waals surface area (Å²) in [6, 6.07) is 15.7. The van der Waals surface area contributed by atoms with E-state index in [1.54, 1.807) is 0 Å². The van der Waals surface area contributed by atoms with E-state index < -0.39 is 0 Å². The number of carbonyl (C=O) groups is 1. The van der Waals surface area contributed by atoms with E-state index in [0.29, 0.717) is 12.5 Å². The molecule has 1 unspecified atom stereocenters. The molecule has 2 aromatic rings. The molecular weight excluding hydrogens is 430 g/mol. The third-order valence-corrected chi connectivity index (χ3v) is 7.73. The Bertz CT molecular complexity index is 1030. The first-order chi connectivity index (χ1) is 17.0. The number of allylic oxidation sites excluding steroid dienone is 1. The van der Waals surface area contributed by atoms with Gasteiger partial charge in [-0.1, -0.05) is 62.4 Å². The molecule has 0 spiro atoms. The number of hydrogen-bond donors (Lipinski definition) is 1. The maximum Gasteiger partial charge on any atom is 0.255 e. The zero-order chi connectivity index (χ0) is 24.8. The van der Waals surface area contributed by atoms with Crippen LogP contribution in [-0.2, 0) is 19.5 Å². The van der Waals surface area contributed by atoms with Crippen LogP contribution in [-0.4, -0.2) is 41.9 Å². The molecule has 1 amide bonds. The van der Waals surface area contributed by atoms with Crippen LogP contribution < -0.4 is 5.32 Å². The Balaban J connectivity index is 1.37. The molecule has 2 aliphatic heterocycles. The van der Waals surface area contributed by atoms with E-state index in [9.17, 15) is 4.79 Å². The molecule has 35 heavy (non-hydrogen) atoms. The first kappa shape index (κ1) is 25.2. The number of amides is 1. The molecule has 1 N–H and O–H groups in total. The van der Waals surface area contributed by atoms with Gasteiger partial charge in [0.1, 0.15) is 0 Å². The highest BCUT2D eigenvalue weighted by atomic mass is 16.2. The summed E-state index contributed by atoms with van der Waals surface area (Å²) in [5, 5.41) is 3.16. The van der Waals surface area contributed by atoms with Crippen molar-refractivity contribution in [2.45, 2.75) is 70.5 Å². The third kappa shape index (κ3) is 5.87. The number of carbonyl (C=O) groups excluding carboxylic acids is 1. The SMILES string of the molecule is C=CCCC(C(=C)NC)N1Cc2cc(C3CCN(Cc4ccc(CCC)cc4)CC3)ccc2C1=O. The molecule has 2 aromatic carbocycles. The number of nitrogens with zero attached hydrogens (tertiary/aromatic N) is 2. The lowest BCUT2D eigenvalue weighted by Crippen LogP contribution is -2.39. The number of likely N-dealkylation sites (tertiary alicyclic amines) is 1. The van der Waals surface area contributed by atoms with Gasteiger partial charge in [-0.3, -0.25) is 9.69 Å². The molecule has 0 aromatic heterocycles. The second-order valence-electron chi connectivity index (χ2n) is 10.1. The molecule has 0 saturated carbocycles. The van der Waals surface area contributed by atoms with E-state index in [1.165, 1.54) is 36.0 Å². The van der Waals surface area contributed by atoms with Gasteiger partial charge in [-0.25, -0.2) is 0 Å². The Kier molecular flexibility index (Phi) is 8.46. The van der Waals surface area contributed by atoms with Crippen molar-refractivity contribution in [2.75, 3.05) is 20.1 Å². The van der Waals surface area contributed by atoms with Crippen molar-refractivity contribution < 1.29 is 4.79 Å². The fourth-order valence-electron chi connectivity index (χ4n) is 5.61. The molecule has 186 valence electrons. The Labute approximate surface area is 211 Å². The highest BCUT2D eigenvalue weighted by molar-refractivity contribution is 5.98. The number of piperidine rings is 1. The zero-order valence-electron chi connectivity index (χ0n) is 21.6. The van der Waals surface area contributed by atoms with Gasteiger partial charge in [0, 0.05) is 31.4 Å². The minimum absolute atomic E-state index is 0.0133. The quantitative estimate of drug-likeness (QED) is 0.406. The zero-order valence-corrected chi connectivity index (χ0v) is 21.6. The lowest BCUT2D eigenvalue weighted by molar-refractivity contribution is 0.0719. The fourth-order valence-corrected chi connectivity index (χ4v) is 5.61. The fraction of sp³-hybridized carbons (Fsp3) is 0.452. The summed E-state index contributed by atoms with van der Waals surface area (Å²) in [5.74, 6) is 0.688. The van der Waals surface area contributed by atoms with Crippen molar-refractivity contribution >= 4 is 5.91 Å². The normalized spacial score (nSPS) is 17.3. The minimum atomic E-state index is -0.0133. The van der Waals surface area contributed by atoms with E-state index in [-0.39, 0.29) is 11.9 Å². The molecule has 2 aliphatic rings. The number of rotatable bonds is 11. The molecule has 4 heteroatoms. The van der Waals surface area contributed by atoms with Crippen LogP contribution in [0, 0.1) is 0 Å². The van der Waals surface area contributed by atoms with E-state index in [2.05, 4.69) is 72.8 Å². The molecular formula is C31H41N3O. The standard InChI is InChI=1S/C31H41N3O/c1-5-7-9-30(23(3)32-4)34-22-28-20-27(14-15-29(28)31(34)35)26-16-18-33(19-17-26)21-25-12-10-24(8-6-2)11-13-25/h5,10-15,20,26,30,32H,1,3,6-9,16-19,21-22H2,2,4H3. The van der Waals surface area contributed by atoms with Crippen molar-refractivity contribution in [2.24, 2.45) is 0 Å². The lowest BCUT2D eigenvalue weighted by atomic mass is 9.87. The Hall–Kier alpha value is -2.85. The summed E-state index contributed by atoms with van der Waals surface area (Å²) in [4.78, 5) is 17.8. The maximum atomic E-state index is 13.2. The summed E-state index contributed by atoms with van der Waals surface area (Å²) < 4.78 is 0. The Morgan fingerprint density at radius 2 is 1.86 bits per heavy atom. The van der Waals surface area contributed by atoms with Crippen molar-refractivity contribution in [3.05, 3.63) is 95.2 Å². The second kappa shape index (κ2) is 11.7. The average Bonchev–Trinajstić information content (AvgIpc) is 3.21. The van der Waals surface area contributed by atoms with Gasteiger partial charge in [0.05, 0.1) is 6.04 Å². The summed E-state index contributed by atoms with van der Waals surface area (Å²) in [6.07, 6.45) is 8.31. The van der Waals surface area contributed by atoms with Crippen LogP contribution >= 0.6 is 0 Å². The van der Waals surface area contributed by atoms with Gasteiger partial charge < -0.3 is 10.2 Å². The Morgan fingerprint density at radius 3 is 2.51 bits per heavy atom. The van der Waals surface area contributed by atoms with Crippen LogP contribution in [0.4, 0.5) is 0 Å². The molecule has 0 radical (unpaired) electrons. The van der Waals surface area contributed by atoms with Gasteiger partial charge in [0.25, 0.3) is 5.91 Å². The summed E-state index contributed by atoms with van der Waals surface area (Å²) in [5.41, 5.74) is 7.14. The monoisotopic (exact) mass is 471 g/mol. The number of nitrogens with one attached hydrogen (secondary N) is 1. The van der Waals surface area contributed by atoms with Crippen molar-refractivity contribution in [3.8, 4) is 0 Å². The van der Waals surface area contributed by atoms with E-state index in [4.69, 9.17) is 0 Å². The van der Waals surface area contributed by atoms with Gasteiger partial charge >= 0.3 is 0 Å². The lowest BCUT2D eigenvalue weighted by Gasteiger charge is -2.32. The molecule has 1 fully saturated rings. The molecule has 0 aliphatic carbocycles. The van der Waals surface area contributed by atoms with Gasteiger partial charge in [-0.05, 0) is 79.4 Å². The highest BCUT2D eigenvalue weighted by Gasteiger charge is 2.34. The number of fused-ring (bicyclic) bond motifs is 1. The Morgan fingerprint density at radius 1 is 1.14 bits per heavy atom. The number of aryl methyl sites for hydroxylation is 1. The number of likely N-dealkylation sites (N-methyl/N-ethyl adjacent to an activating group) is 1. The first-order valence-corrected chi connectivity index (χ1v) is 13.3. The van der Waals surface area contributed by atoms with E-state index in [1.807, 2.05) is 18.0 Å². The molecule has 0 bridgehead atoms. The van der Waals surface area contributed by atoms with Gasteiger partial charge in [0.15, 0.2) is 0 Å². The molecule has 4 rings (SSSR count). The van der Waals surface area contributed by atoms with Crippen LogP contribution in [0.15, 0.2) is 67.4 Å². The van der Waals surface area contributed by atoms with Gasteiger partial charge in [-0.2, -0.15) is 0 Å². The smallest absolute Gasteiger partial charge is 0.255 e. The van der Waals surface area contributed by atoms with E-state index in [0.717, 1.165) is 55.7 Å². The van der Waals surface area contributed by atoms with E-state index >= 15 is 0 Å². The van der Waals surface area contributed by atoms with Crippen molar-refractivity contribution in [3.63, 3.8) is 0 Å². The van der Waals surface area contributed by atoms with Crippen LogP contribution in [0.2, 0.25) is 0 Å². The molecule has 2 heterocycles. The summed E-state index contributed by atoms with van der Waals surface area (Å²) >= 11 is 0. The predicted octanol–water partition coefficient (Wildman–Crippen LogP) is 6.04. The van der Waals surface area contributed by atoms with Crippen molar-refractivity contribution in [1.29, 1.82) is 0 Å².